The molecule has 37 heavy (non-hydrogen) atoms. The molecule has 1 heterocycles. The van der Waals surface area contributed by atoms with Crippen LogP contribution in [0.5, 0.6) is 17.2 Å². The van der Waals surface area contributed by atoms with Crippen LogP contribution in [0.3, 0.4) is 0 Å². The third-order valence-corrected chi connectivity index (χ3v) is 5.64. The van der Waals surface area contributed by atoms with Crippen molar-refractivity contribution in [1.29, 1.82) is 0 Å². The van der Waals surface area contributed by atoms with Crippen molar-refractivity contribution in [3.63, 3.8) is 0 Å². The average Bonchev–Trinajstić information content (AvgIpc) is 2.91. The number of ether oxygens (including phenoxy) is 3. The molecule has 0 atom stereocenters. The standard InChI is InChI=1S/C27H23N3O6S/c1-34-21-11-7-6-10-20(21)28-24(31)16-36-22-13-12-17(15-23(22)35-2)14-19-25(32)29-27(37)30(26(19)33)18-8-4-3-5-9-18/h3-15H,16H2,1-2H3,(H,28,31)(H,29,32,37)/b19-14-. The van der Waals surface area contributed by atoms with E-state index in [0.717, 1.165) is 0 Å². The van der Waals surface area contributed by atoms with Gasteiger partial charge in [-0.2, -0.15) is 0 Å². The van der Waals surface area contributed by atoms with Crippen LogP contribution in [0.2, 0.25) is 0 Å². The van der Waals surface area contributed by atoms with Gasteiger partial charge in [0, 0.05) is 0 Å². The molecule has 0 saturated carbocycles. The van der Waals surface area contributed by atoms with Gasteiger partial charge in [-0.1, -0.05) is 36.4 Å². The van der Waals surface area contributed by atoms with Crippen LogP contribution in [0, 0.1) is 0 Å². The fourth-order valence-electron chi connectivity index (χ4n) is 3.61. The number of nitrogens with zero attached hydrogens (tertiary/aromatic N) is 1. The van der Waals surface area contributed by atoms with Gasteiger partial charge in [0.15, 0.2) is 23.2 Å². The first kappa shape index (κ1) is 25.4. The largest absolute Gasteiger partial charge is 0.495 e. The quantitative estimate of drug-likeness (QED) is 0.267. The van der Waals surface area contributed by atoms with Gasteiger partial charge in [0.05, 0.1) is 25.6 Å². The van der Waals surface area contributed by atoms with Crippen molar-refractivity contribution >= 4 is 52.5 Å². The summed E-state index contributed by atoms with van der Waals surface area (Å²) in [5.74, 6) is -0.385. The summed E-state index contributed by atoms with van der Waals surface area (Å²) in [5.41, 5.74) is 1.48. The molecule has 1 fully saturated rings. The summed E-state index contributed by atoms with van der Waals surface area (Å²) in [4.78, 5) is 39.4. The number of nitrogens with one attached hydrogen (secondary N) is 2. The van der Waals surface area contributed by atoms with Crippen LogP contribution in [0.4, 0.5) is 11.4 Å². The summed E-state index contributed by atoms with van der Waals surface area (Å²) in [6, 6.07) is 20.6. The summed E-state index contributed by atoms with van der Waals surface area (Å²) in [6.07, 6.45) is 1.44. The Balaban J connectivity index is 1.50. The zero-order chi connectivity index (χ0) is 26.4. The lowest BCUT2D eigenvalue weighted by molar-refractivity contribution is -0.122. The Morgan fingerprint density at radius 2 is 1.65 bits per heavy atom. The Kier molecular flexibility index (Phi) is 7.80. The molecule has 1 aliphatic rings. The van der Waals surface area contributed by atoms with Crippen LogP contribution >= 0.6 is 12.2 Å². The Hall–Kier alpha value is -4.70. The normalized spacial score (nSPS) is 14.3. The van der Waals surface area contributed by atoms with Crippen LogP contribution < -0.4 is 29.7 Å². The number of thiocarbonyl (C=S) groups is 1. The SMILES string of the molecule is COc1ccccc1NC(=O)COc1ccc(/C=C2/C(=O)NC(=S)N(c3ccccc3)C2=O)cc1OC. The van der Waals surface area contributed by atoms with Crippen molar-refractivity contribution in [3.8, 4) is 17.2 Å². The maximum Gasteiger partial charge on any atom is 0.270 e. The number of methoxy groups -OCH3 is 2. The Morgan fingerprint density at radius 1 is 0.946 bits per heavy atom. The maximum atomic E-state index is 13.1. The van der Waals surface area contributed by atoms with Crippen molar-refractivity contribution in [2.75, 3.05) is 31.0 Å². The van der Waals surface area contributed by atoms with Gasteiger partial charge in [-0.3, -0.25) is 24.6 Å². The topological polar surface area (TPSA) is 106 Å². The molecule has 188 valence electrons. The van der Waals surface area contributed by atoms with Crippen molar-refractivity contribution in [2.24, 2.45) is 0 Å². The molecule has 1 aliphatic heterocycles. The molecule has 2 N–H and O–H groups in total. The van der Waals surface area contributed by atoms with Crippen LogP contribution in [0.15, 0.2) is 78.4 Å². The Labute approximate surface area is 218 Å². The number of rotatable bonds is 8. The van der Waals surface area contributed by atoms with Crippen molar-refractivity contribution < 1.29 is 28.6 Å². The lowest BCUT2D eigenvalue weighted by Gasteiger charge is -2.28. The van der Waals surface area contributed by atoms with Gasteiger partial charge in [0.25, 0.3) is 17.7 Å². The molecule has 0 unspecified atom stereocenters. The summed E-state index contributed by atoms with van der Waals surface area (Å²) < 4.78 is 16.3. The molecule has 0 spiro atoms. The minimum Gasteiger partial charge on any atom is -0.495 e. The van der Waals surface area contributed by atoms with E-state index in [-0.39, 0.29) is 23.2 Å². The van der Waals surface area contributed by atoms with Crippen LogP contribution in [0.25, 0.3) is 6.08 Å². The van der Waals surface area contributed by atoms with Crippen LogP contribution in [0.1, 0.15) is 5.56 Å². The number of anilines is 2. The number of carbonyl (C=O) groups excluding carboxylic acids is 3. The summed E-state index contributed by atoms with van der Waals surface area (Å²) in [5, 5.41) is 5.28. The number of para-hydroxylation sites is 3. The van der Waals surface area contributed by atoms with Gasteiger partial charge in [-0.15, -0.1) is 0 Å². The minimum absolute atomic E-state index is 0.00563. The number of hydrogen-bond donors (Lipinski definition) is 2. The lowest BCUT2D eigenvalue weighted by atomic mass is 10.1. The van der Waals surface area contributed by atoms with E-state index in [2.05, 4.69) is 10.6 Å². The van der Waals surface area contributed by atoms with E-state index in [0.29, 0.717) is 34.2 Å². The molecule has 0 aromatic heterocycles. The van der Waals surface area contributed by atoms with E-state index in [4.69, 9.17) is 26.4 Å². The smallest absolute Gasteiger partial charge is 0.270 e. The summed E-state index contributed by atoms with van der Waals surface area (Å²) in [7, 11) is 2.96. The molecule has 0 bridgehead atoms. The maximum absolute atomic E-state index is 13.1. The fourth-order valence-corrected chi connectivity index (χ4v) is 3.89. The van der Waals surface area contributed by atoms with E-state index < -0.39 is 11.8 Å². The number of hydrogen-bond acceptors (Lipinski definition) is 7. The predicted octanol–water partition coefficient (Wildman–Crippen LogP) is 3.55. The molecule has 4 rings (SSSR count). The van der Waals surface area contributed by atoms with Gasteiger partial charge in [-0.25, -0.2) is 0 Å². The van der Waals surface area contributed by atoms with E-state index in [9.17, 15) is 14.4 Å². The molecule has 10 heteroatoms. The molecule has 0 aliphatic carbocycles. The predicted molar refractivity (Wildman–Crippen MR) is 143 cm³/mol. The van der Waals surface area contributed by atoms with E-state index in [1.807, 2.05) is 6.07 Å². The Bertz CT molecular complexity index is 1390. The first-order valence-corrected chi connectivity index (χ1v) is 11.5. The highest BCUT2D eigenvalue weighted by molar-refractivity contribution is 7.80. The van der Waals surface area contributed by atoms with Gasteiger partial charge < -0.3 is 19.5 Å². The third kappa shape index (κ3) is 5.76. The second-order valence-corrected chi connectivity index (χ2v) is 8.13. The number of carbonyl (C=O) groups is 3. The average molecular weight is 518 g/mol. The zero-order valence-corrected chi connectivity index (χ0v) is 20.8. The summed E-state index contributed by atoms with van der Waals surface area (Å²) in [6.45, 7) is -0.279. The highest BCUT2D eigenvalue weighted by Crippen LogP contribution is 2.30. The molecule has 9 nitrogen and oxygen atoms in total. The highest BCUT2D eigenvalue weighted by atomic mass is 32.1. The number of amides is 3. The minimum atomic E-state index is -0.602. The fraction of sp³-hybridized carbons (Fsp3) is 0.111. The van der Waals surface area contributed by atoms with E-state index in [1.54, 1.807) is 66.7 Å². The van der Waals surface area contributed by atoms with Crippen molar-refractivity contribution in [1.82, 2.24) is 5.32 Å². The molecule has 3 aromatic rings. The van der Waals surface area contributed by atoms with E-state index >= 15 is 0 Å². The molecular formula is C27H23N3O6S. The second-order valence-electron chi connectivity index (χ2n) is 7.74. The first-order chi connectivity index (χ1) is 17.9. The summed E-state index contributed by atoms with van der Waals surface area (Å²) >= 11 is 5.21. The van der Waals surface area contributed by atoms with Gasteiger partial charge >= 0.3 is 0 Å². The molecular weight excluding hydrogens is 494 g/mol. The zero-order valence-electron chi connectivity index (χ0n) is 20.0. The molecule has 3 amide bonds. The lowest BCUT2D eigenvalue weighted by Crippen LogP contribution is -2.54. The monoisotopic (exact) mass is 517 g/mol. The van der Waals surface area contributed by atoms with Crippen molar-refractivity contribution in [3.05, 3.63) is 83.9 Å². The molecule has 1 saturated heterocycles. The first-order valence-electron chi connectivity index (χ1n) is 11.1. The number of benzene rings is 3. The van der Waals surface area contributed by atoms with Gasteiger partial charge in [-0.05, 0) is 60.3 Å². The van der Waals surface area contributed by atoms with Gasteiger partial charge in [0.1, 0.15) is 11.3 Å². The second kappa shape index (κ2) is 11.4. The highest BCUT2D eigenvalue weighted by Gasteiger charge is 2.34. The molecule has 0 radical (unpaired) electrons. The van der Waals surface area contributed by atoms with E-state index in [1.165, 1.54) is 25.2 Å². The van der Waals surface area contributed by atoms with Crippen molar-refractivity contribution in [2.45, 2.75) is 0 Å². The van der Waals surface area contributed by atoms with Crippen LogP contribution in [-0.4, -0.2) is 43.7 Å². The van der Waals surface area contributed by atoms with Crippen LogP contribution in [-0.2, 0) is 14.4 Å². The van der Waals surface area contributed by atoms with Gasteiger partial charge in [0.2, 0.25) is 0 Å². The molecule has 3 aromatic carbocycles. The third-order valence-electron chi connectivity index (χ3n) is 5.35. The Morgan fingerprint density at radius 3 is 2.38 bits per heavy atom.